The van der Waals surface area contributed by atoms with E-state index in [1.54, 1.807) is 0 Å². The zero-order valence-electron chi connectivity index (χ0n) is 16.1. The van der Waals surface area contributed by atoms with E-state index in [1.807, 2.05) is 0 Å². The van der Waals surface area contributed by atoms with E-state index < -0.39 is 0 Å². The van der Waals surface area contributed by atoms with Gasteiger partial charge in [-0.15, -0.1) is 0 Å². The first-order valence-corrected chi connectivity index (χ1v) is 8.14. The van der Waals surface area contributed by atoms with E-state index in [0.29, 0.717) is 0 Å². The summed E-state index contributed by atoms with van der Waals surface area (Å²) in [6.07, 6.45) is 0. The summed E-state index contributed by atoms with van der Waals surface area (Å²) in [5.41, 5.74) is 1.19. The molecule has 0 fully saturated rings. The van der Waals surface area contributed by atoms with Crippen molar-refractivity contribution >= 4 is 0 Å². The van der Waals surface area contributed by atoms with Gasteiger partial charge in [0.15, 0.2) is 0 Å². The molecule has 1 aromatic carbocycles. The highest BCUT2D eigenvalue weighted by Crippen LogP contribution is 2.39. The Morgan fingerprint density at radius 3 is 1.05 bits per heavy atom. The summed E-state index contributed by atoms with van der Waals surface area (Å²) >= 11 is 0. The molecule has 0 aliphatic carbocycles. The van der Waals surface area contributed by atoms with Gasteiger partial charge in [0.25, 0.3) is 0 Å². The number of ether oxygens (including phenoxy) is 2. The summed E-state index contributed by atoms with van der Waals surface area (Å²) in [6.45, 7) is 21.1. The summed E-state index contributed by atoms with van der Waals surface area (Å²) in [5, 5.41) is 0. The van der Waals surface area contributed by atoms with Gasteiger partial charge in [-0.2, -0.15) is 0 Å². The molecule has 0 radical (unpaired) electrons. The molecule has 0 aliphatic heterocycles. The number of rotatable bonds is 4. The second-order valence-corrected chi connectivity index (χ2v) is 9.00. The van der Waals surface area contributed by atoms with Crippen LogP contribution in [0.15, 0.2) is 24.3 Å². The molecule has 126 valence electrons. The summed E-state index contributed by atoms with van der Waals surface area (Å²) in [6, 6.07) is 8.43. The molecule has 22 heavy (non-hydrogen) atoms. The number of hydrogen-bond acceptors (Lipinski definition) is 2. The fraction of sp³-hybridized carbons (Fsp3) is 0.700. The Hall–Kier alpha value is -0.860. The first-order valence-electron chi connectivity index (χ1n) is 8.14. The highest BCUT2D eigenvalue weighted by atomic mass is 16.5. The molecule has 0 saturated carbocycles. The van der Waals surface area contributed by atoms with Crippen LogP contribution in [-0.4, -0.2) is 11.2 Å². The van der Waals surface area contributed by atoms with Crippen molar-refractivity contribution < 1.29 is 9.47 Å². The van der Waals surface area contributed by atoms with Crippen LogP contribution in [-0.2, 0) is 20.7 Å². The first-order chi connectivity index (χ1) is 9.64. The highest BCUT2D eigenvalue weighted by Gasteiger charge is 2.36. The summed E-state index contributed by atoms with van der Waals surface area (Å²) in [7, 11) is 0. The molecule has 2 nitrogen and oxygen atoms in total. The summed E-state index contributed by atoms with van der Waals surface area (Å²) in [5.74, 6) is 0. The number of hydrogen-bond donors (Lipinski definition) is 0. The van der Waals surface area contributed by atoms with Crippen molar-refractivity contribution in [3.05, 3.63) is 35.4 Å². The summed E-state index contributed by atoms with van der Waals surface area (Å²) in [4.78, 5) is 0. The normalized spacial score (nSPS) is 14.3. The average molecular weight is 306 g/mol. The molecule has 0 spiro atoms. The van der Waals surface area contributed by atoms with Crippen LogP contribution in [0.4, 0.5) is 0 Å². The van der Waals surface area contributed by atoms with Crippen molar-refractivity contribution in [1.82, 2.24) is 0 Å². The second kappa shape index (κ2) is 5.98. The quantitative estimate of drug-likeness (QED) is 0.701. The smallest absolute Gasteiger partial charge is 0.0886 e. The predicted molar refractivity (Wildman–Crippen MR) is 94.2 cm³/mol. The standard InChI is InChI=1S/C20H34O2/c1-17(2,3)21-19(7,8)15-13-11-12-14-16(15)20(9,10)22-18(4,5)6/h11-14H,1-10H3. The lowest BCUT2D eigenvalue weighted by Gasteiger charge is -2.40. The monoisotopic (exact) mass is 306 g/mol. The van der Waals surface area contributed by atoms with Crippen LogP contribution >= 0.6 is 0 Å². The molecule has 0 aliphatic rings. The molecule has 2 heteroatoms. The fourth-order valence-electron chi connectivity index (χ4n) is 3.17. The molecule has 0 heterocycles. The van der Waals surface area contributed by atoms with Gasteiger partial charge in [0.2, 0.25) is 0 Å². The highest BCUT2D eigenvalue weighted by molar-refractivity contribution is 5.36. The van der Waals surface area contributed by atoms with E-state index in [4.69, 9.17) is 9.47 Å². The Morgan fingerprint density at radius 2 is 0.818 bits per heavy atom. The molecule has 0 unspecified atom stereocenters. The van der Waals surface area contributed by atoms with Crippen molar-refractivity contribution in [2.45, 2.75) is 91.6 Å². The molecule has 0 aromatic heterocycles. The van der Waals surface area contributed by atoms with Gasteiger partial charge < -0.3 is 9.47 Å². The topological polar surface area (TPSA) is 18.5 Å². The van der Waals surface area contributed by atoms with E-state index in [0.717, 1.165) is 0 Å². The SMILES string of the molecule is CC(C)(C)OC(C)(C)c1ccccc1C(C)(C)OC(C)(C)C. The predicted octanol–water partition coefficient (Wildman–Crippen LogP) is 5.79. The van der Waals surface area contributed by atoms with Crippen LogP contribution in [0.25, 0.3) is 0 Å². The second-order valence-electron chi connectivity index (χ2n) is 9.00. The maximum Gasteiger partial charge on any atom is 0.0886 e. The van der Waals surface area contributed by atoms with Crippen molar-refractivity contribution in [3.8, 4) is 0 Å². The minimum absolute atomic E-state index is 0.203. The third kappa shape index (κ3) is 5.40. The Balaban J connectivity index is 3.30. The van der Waals surface area contributed by atoms with Crippen molar-refractivity contribution in [2.24, 2.45) is 0 Å². The van der Waals surface area contributed by atoms with Gasteiger partial charge in [0, 0.05) is 0 Å². The van der Waals surface area contributed by atoms with Crippen LogP contribution in [0.2, 0.25) is 0 Å². The van der Waals surface area contributed by atoms with Gasteiger partial charge in [0.05, 0.1) is 22.4 Å². The Morgan fingerprint density at radius 1 is 0.545 bits per heavy atom. The zero-order valence-corrected chi connectivity index (χ0v) is 16.1. The molecule has 0 N–H and O–H groups in total. The van der Waals surface area contributed by atoms with Crippen LogP contribution < -0.4 is 0 Å². The van der Waals surface area contributed by atoms with E-state index in [-0.39, 0.29) is 22.4 Å². The van der Waals surface area contributed by atoms with Gasteiger partial charge in [0.1, 0.15) is 0 Å². The number of benzene rings is 1. The molecule has 1 rings (SSSR count). The van der Waals surface area contributed by atoms with Crippen molar-refractivity contribution in [3.63, 3.8) is 0 Å². The van der Waals surface area contributed by atoms with Crippen LogP contribution in [0.1, 0.15) is 80.4 Å². The molecule has 0 saturated heterocycles. The first kappa shape index (κ1) is 19.2. The Labute approximate surface area is 137 Å². The maximum atomic E-state index is 6.32. The fourth-order valence-corrected chi connectivity index (χ4v) is 3.17. The average Bonchev–Trinajstić information content (AvgIpc) is 2.22. The molecular formula is C20H34O2. The van der Waals surface area contributed by atoms with Crippen LogP contribution in [0.5, 0.6) is 0 Å². The third-order valence-electron chi connectivity index (χ3n) is 3.35. The third-order valence-corrected chi connectivity index (χ3v) is 3.35. The molecule has 0 bridgehead atoms. The minimum atomic E-state index is -0.382. The van der Waals surface area contributed by atoms with Crippen LogP contribution in [0.3, 0.4) is 0 Å². The van der Waals surface area contributed by atoms with Gasteiger partial charge in [-0.1, -0.05) is 24.3 Å². The lowest BCUT2D eigenvalue weighted by Crippen LogP contribution is -2.38. The summed E-state index contributed by atoms with van der Waals surface area (Å²) < 4.78 is 12.6. The molecule has 0 atom stereocenters. The Kier molecular flexibility index (Phi) is 5.21. The Bertz CT molecular complexity index is 452. The van der Waals surface area contributed by atoms with Crippen molar-refractivity contribution in [2.75, 3.05) is 0 Å². The van der Waals surface area contributed by atoms with E-state index >= 15 is 0 Å². The largest absolute Gasteiger partial charge is 0.365 e. The molecule has 0 amide bonds. The molecule has 1 aromatic rings. The van der Waals surface area contributed by atoms with Crippen molar-refractivity contribution in [1.29, 1.82) is 0 Å². The van der Waals surface area contributed by atoms with E-state index in [9.17, 15) is 0 Å². The van der Waals surface area contributed by atoms with Crippen LogP contribution in [0, 0.1) is 0 Å². The van der Waals surface area contributed by atoms with E-state index in [2.05, 4.69) is 93.5 Å². The van der Waals surface area contributed by atoms with Gasteiger partial charge >= 0.3 is 0 Å². The lowest BCUT2D eigenvalue weighted by atomic mass is 9.84. The lowest BCUT2D eigenvalue weighted by molar-refractivity contribution is -0.131. The van der Waals surface area contributed by atoms with Gasteiger partial charge in [-0.05, 0) is 80.4 Å². The minimum Gasteiger partial charge on any atom is -0.365 e. The molecular weight excluding hydrogens is 272 g/mol. The zero-order chi connectivity index (χ0) is 17.4. The maximum absolute atomic E-state index is 6.32. The van der Waals surface area contributed by atoms with E-state index in [1.165, 1.54) is 11.1 Å². The van der Waals surface area contributed by atoms with Gasteiger partial charge in [-0.25, -0.2) is 0 Å². The van der Waals surface area contributed by atoms with Gasteiger partial charge in [-0.3, -0.25) is 0 Å².